The second-order valence-electron chi connectivity index (χ2n) is 5.72. The predicted octanol–water partition coefficient (Wildman–Crippen LogP) is 3.75. The molecule has 0 bridgehead atoms. The molecule has 108 valence electrons. The van der Waals surface area contributed by atoms with E-state index in [1.807, 2.05) is 34.9 Å². The normalized spacial score (nSPS) is 11.8. The molecule has 3 rings (SSSR count). The van der Waals surface area contributed by atoms with Gasteiger partial charge in [0.2, 0.25) is 0 Å². The predicted molar refractivity (Wildman–Crippen MR) is 86.4 cm³/mol. The summed E-state index contributed by atoms with van der Waals surface area (Å²) in [6, 6.07) is 9.93. The van der Waals surface area contributed by atoms with Gasteiger partial charge in [0, 0.05) is 11.1 Å². The summed E-state index contributed by atoms with van der Waals surface area (Å²) in [4.78, 5) is 0.943. The van der Waals surface area contributed by atoms with Crippen LogP contribution in [0.3, 0.4) is 0 Å². The number of rotatable bonds is 2. The van der Waals surface area contributed by atoms with E-state index in [1.54, 1.807) is 0 Å². The lowest BCUT2D eigenvalue weighted by molar-refractivity contribution is 0.567. The molecule has 0 unspecified atom stereocenters. The summed E-state index contributed by atoms with van der Waals surface area (Å²) in [6.07, 6.45) is 0. The van der Waals surface area contributed by atoms with Crippen molar-refractivity contribution in [3.8, 4) is 16.4 Å². The molecule has 3 aromatic rings. The van der Waals surface area contributed by atoms with E-state index in [-0.39, 0.29) is 5.41 Å². The Bertz CT molecular complexity index is 808. The van der Waals surface area contributed by atoms with E-state index in [0.717, 1.165) is 22.1 Å². The average molecular weight is 317 g/mol. The zero-order valence-corrected chi connectivity index (χ0v) is 13.6. The topological polar surface area (TPSA) is 59.4 Å². The number of para-hydroxylation sites is 1. The molecule has 7 heteroatoms. The Morgan fingerprint density at radius 1 is 1.19 bits per heavy atom. The van der Waals surface area contributed by atoms with Gasteiger partial charge >= 0.3 is 0 Å². The maximum absolute atomic E-state index is 5.37. The zero-order valence-electron chi connectivity index (χ0n) is 12.0. The minimum absolute atomic E-state index is 0.0998. The maximum atomic E-state index is 5.37. The van der Waals surface area contributed by atoms with E-state index < -0.39 is 0 Å². The second-order valence-corrected chi connectivity index (χ2v) is 6.86. The highest BCUT2D eigenvalue weighted by Crippen LogP contribution is 2.33. The molecule has 0 aliphatic rings. The number of nitrogens with one attached hydrogen (secondary N) is 1. The molecule has 2 heterocycles. The minimum atomic E-state index is -0.0998. The fourth-order valence-corrected chi connectivity index (χ4v) is 3.19. The summed E-state index contributed by atoms with van der Waals surface area (Å²) in [7, 11) is 0. The van der Waals surface area contributed by atoms with Crippen LogP contribution < -0.4 is 0 Å². The lowest BCUT2D eigenvalue weighted by atomic mass is 9.91. The monoisotopic (exact) mass is 317 g/mol. The highest BCUT2D eigenvalue weighted by Gasteiger charge is 2.26. The molecule has 0 aliphatic carbocycles. The third-order valence-electron chi connectivity index (χ3n) is 3.09. The molecule has 0 saturated carbocycles. The Morgan fingerprint density at radius 3 is 2.57 bits per heavy atom. The van der Waals surface area contributed by atoms with Crippen LogP contribution in [0.1, 0.15) is 26.5 Å². The molecule has 0 aliphatic heterocycles. The van der Waals surface area contributed by atoms with Crippen LogP contribution in [0.25, 0.3) is 16.4 Å². The van der Waals surface area contributed by atoms with E-state index in [1.165, 1.54) is 11.5 Å². The van der Waals surface area contributed by atoms with Gasteiger partial charge in [0.25, 0.3) is 0 Å². The Balaban J connectivity index is 2.23. The Kier molecular flexibility index (Phi) is 3.46. The van der Waals surface area contributed by atoms with Gasteiger partial charge in [-0.3, -0.25) is 9.67 Å². The second kappa shape index (κ2) is 5.16. The lowest BCUT2D eigenvalue weighted by Crippen LogP contribution is -2.13. The maximum Gasteiger partial charge on any atom is 0.200 e. The van der Waals surface area contributed by atoms with Crippen molar-refractivity contribution >= 4 is 23.8 Å². The average Bonchev–Trinajstić information content (AvgIpc) is 3.05. The first kappa shape index (κ1) is 14.1. The molecule has 1 N–H and O–H groups in total. The summed E-state index contributed by atoms with van der Waals surface area (Å²) in [5.41, 5.74) is 1.80. The molecule has 21 heavy (non-hydrogen) atoms. The summed E-state index contributed by atoms with van der Waals surface area (Å²) in [6.45, 7) is 6.34. The van der Waals surface area contributed by atoms with Crippen LogP contribution in [0.2, 0.25) is 0 Å². The van der Waals surface area contributed by atoms with E-state index in [0.29, 0.717) is 4.77 Å². The van der Waals surface area contributed by atoms with E-state index in [9.17, 15) is 0 Å². The minimum Gasteiger partial charge on any atom is -0.267 e. The van der Waals surface area contributed by atoms with Crippen molar-refractivity contribution in [1.29, 1.82) is 0 Å². The quantitative estimate of drug-likeness (QED) is 0.731. The third-order valence-corrected chi connectivity index (χ3v) is 4.08. The summed E-state index contributed by atoms with van der Waals surface area (Å²) >= 11 is 6.72. The van der Waals surface area contributed by atoms with Crippen molar-refractivity contribution in [3.05, 3.63) is 40.8 Å². The Labute approximate surface area is 131 Å². The van der Waals surface area contributed by atoms with E-state index >= 15 is 0 Å². The third kappa shape index (κ3) is 2.54. The zero-order chi connectivity index (χ0) is 15.0. The van der Waals surface area contributed by atoms with Crippen molar-refractivity contribution in [2.45, 2.75) is 26.2 Å². The number of hydrogen-bond donors (Lipinski definition) is 1. The van der Waals surface area contributed by atoms with Gasteiger partial charge in [0.05, 0.1) is 5.69 Å². The SMILES string of the molecule is CC(C)(C)c1nnsc1-c1n[nH]c(=S)n1-c1ccccc1. The lowest BCUT2D eigenvalue weighted by Gasteiger charge is -2.16. The van der Waals surface area contributed by atoms with Crippen LogP contribution in [0.4, 0.5) is 0 Å². The molecule has 0 fully saturated rings. The fourth-order valence-electron chi connectivity index (χ4n) is 2.09. The molecule has 5 nitrogen and oxygen atoms in total. The molecule has 0 amide bonds. The highest BCUT2D eigenvalue weighted by atomic mass is 32.1. The van der Waals surface area contributed by atoms with Crippen LogP contribution in [0.15, 0.2) is 30.3 Å². The molecule has 0 atom stereocenters. The van der Waals surface area contributed by atoms with Gasteiger partial charge in [0.15, 0.2) is 10.6 Å². The number of H-pyrrole nitrogens is 1. The summed E-state index contributed by atoms with van der Waals surface area (Å²) in [5, 5.41) is 11.5. The summed E-state index contributed by atoms with van der Waals surface area (Å²) in [5.74, 6) is 0.756. The van der Waals surface area contributed by atoms with Crippen molar-refractivity contribution in [2.75, 3.05) is 0 Å². The number of aromatic nitrogens is 5. The van der Waals surface area contributed by atoms with Crippen molar-refractivity contribution < 1.29 is 0 Å². The first-order valence-electron chi connectivity index (χ1n) is 6.54. The number of benzene rings is 1. The van der Waals surface area contributed by atoms with Crippen LogP contribution in [-0.4, -0.2) is 24.4 Å². The van der Waals surface area contributed by atoms with Crippen LogP contribution >= 0.6 is 23.8 Å². The summed E-state index contributed by atoms with van der Waals surface area (Å²) < 4.78 is 6.58. The number of nitrogens with zero attached hydrogens (tertiary/aromatic N) is 4. The molecular weight excluding hydrogens is 302 g/mol. The van der Waals surface area contributed by atoms with Crippen molar-refractivity contribution in [3.63, 3.8) is 0 Å². The molecule has 0 radical (unpaired) electrons. The first-order chi connectivity index (χ1) is 9.98. The van der Waals surface area contributed by atoms with Crippen LogP contribution in [-0.2, 0) is 5.41 Å². The van der Waals surface area contributed by atoms with Crippen molar-refractivity contribution in [2.24, 2.45) is 0 Å². The van der Waals surface area contributed by atoms with Gasteiger partial charge in [0.1, 0.15) is 4.88 Å². The van der Waals surface area contributed by atoms with Gasteiger partial charge in [-0.1, -0.05) is 43.5 Å². The molecule has 0 saturated heterocycles. The first-order valence-corrected chi connectivity index (χ1v) is 7.72. The molecule has 0 spiro atoms. The largest absolute Gasteiger partial charge is 0.267 e. The van der Waals surface area contributed by atoms with E-state index in [4.69, 9.17) is 12.2 Å². The van der Waals surface area contributed by atoms with Gasteiger partial charge in [-0.2, -0.15) is 5.10 Å². The Morgan fingerprint density at radius 2 is 1.90 bits per heavy atom. The fraction of sp³-hybridized carbons (Fsp3) is 0.286. The number of aromatic amines is 1. The van der Waals surface area contributed by atoms with E-state index in [2.05, 4.69) is 40.6 Å². The van der Waals surface area contributed by atoms with Gasteiger partial charge in [-0.15, -0.1) is 5.10 Å². The Hall–Kier alpha value is -1.86. The van der Waals surface area contributed by atoms with Gasteiger partial charge < -0.3 is 0 Å². The van der Waals surface area contributed by atoms with Crippen LogP contribution in [0.5, 0.6) is 0 Å². The molecule has 1 aromatic carbocycles. The molecule has 2 aromatic heterocycles. The van der Waals surface area contributed by atoms with Gasteiger partial charge in [-0.05, 0) is 35.9 Å². The van der Waals surface area contributed by atoms with Gasteiger partial charge in [-0.25, -0.2) is 0 Å². The van der Waals surface area contributed by atoms with Crippen molar-refractivity contribution in [1.82, 2.24) is 24.4 Å². The van der Waals surface area contributed by atoms with Crippen LogP contribution in [0, 0.1) is 4.77 Å². The standard InChI is InChI=1S/C14H15N5S2/c1-14(2,3)11-10(21-18-15-11)12-16-17-13(20)19(12)9-7-5-4-6-8-9/h4-8H,1-3H3,(H,17,20). The highest BCUT2D eigenvalue weighted by molar-refractivity contribution is 7.71. The molecular formula is C14H15N5S2. The number of hydrogen-bond acceptors (Lipinski definition) is 5. The smallest absolute Gasteiger partial charge is 0.200 e.